The standard InChI is InChI=1S/C32H44N2O6/c1-6-9-13-19-39-30(38)26-25-28(36)34(24(21-35)20-23-14-11-10-12-15-23)27(29(37)33(18-7-2)22(4)5)32(25)17-16-31(26,8-3)40-32/h6-7,10-12,14-15,22,24-27,35H,1-2,8-9,13,16-21H2,3-5H3/t24-,25+,26-,27?,31+,32?/m1/s1. The molecule has 2 unspecified atom stereocenters. The summed E-state index contributed by atoms with van der Waals surface area (Å²) in [4.78, 5) is 45.8. The summed E-state index contributed by atoms with van der Waals surface area (Å²) in [6.07, 6.45) is 6.75. The normalized spacial score (nSPS) is 29.4. The van der Waals surface area contributed by atoms with Gasteiger partial charge in [-0.05, 0) is 57.9 Å². The fourth-order valence-corrected chi connectivity index (χ4v) is 7.17. The number of hydrogen-bond acceptors (Lipinski definition) is 6. The van der Waals surface area contributed by atoms with Crippen LogP contribution in [-0.2, 0) is 30.3 Å². The lowest BCUT2D eigenvalue weighted by Crippen LogP contribution is -2.60. The number of rotatable bonds is 14. The number of fused-ring (bicyclic) bond motifs is 1. The SMILES string of the molecule is C=CCCCOC(=O)[C@H]1[C@H]2C(=O)N([C@@H](CO)Cc3ccccc3)C(C(=O)N(CC=C)C(C)C)C23CC[C@]1(CC)O3. The van der Waals surface area contributed by atoms with Crippen molar-refractivity contribution < 1.29 is 29.0 Å². The van der Waals surface area contributed by atoms with Gasteiger partial charge < -0.3 is 24.4 Å². The summed E-state index contributed by atoms with van der Waals surface area (Å²) in [6.45, 7) is 13.6. The molecule has 1 aromatic rings. The van der Waals surface area contributed by atoms with Gasteiger partial charge in [0.15, 0.2) is 0 Å². The third-order valence-electron chi connectivity index (χ3n) is 9.05. The zero-order valence-electron chi connectivity index (χ0n) is 24.1. The molecule has 0 aliphatic carbocycles. The molecule has 1 aromatic carbocycles. The summed E-state index contributed by atoms with van der Waals surface area (Å²) in [5, 5.41) is 10.6. The van der Waals surface area contributed by atoms with Crippen LogP contribution in [0, 0.1) is 11.8 Å². The van der Waals surface area contributed by atoms with Crippen LogP contribution in [0.25, 0.3) is 0 Å². The Morgan fingerprint density at radius 2 is 1.95 bits per heavy atom. The molecule has 8 nitrogen and oxygen atoms in total. The van der Waals surface area contributed by atoms with Crippen molar-refractivity contribution in [2.45, 2.75) is 88.6 Å². The number of likely N-dealkylation sites (tertiary alicyclic amines) is 1. The van der Waals surface area contributed by atoms with Gasteiger partial charge in [-0.3, -0.25) is 14.4 Å². The lowest BCUT2D eigenvalue weighted by molar-refractivity contribution is -0.164. The maximum absolute atomic E-state index is 14.5. The van der Waals surface area contributed by atoms with E-state index in [0.29, 0.717) is 38.6 Å². The summed E-state index contributed by atoms with van der Waals surface area (Å²) in [6, 6.07) is 7.82. The van der Waals surface area contributed by atoms with E-state index in [1.807, 2.05) is 51.1 Å². The molecule has 2 bridgehead atoms. The van der Waals surface area contributed by atoms with Gasteiger partial charge in [0.2, 0.25) is 11.8 Å². The summed E-state index contributed by atoms with van der Waals surface area (Å²) < 4.78 is 12.5. The molecular formula is C32H44N2O6. The van der Waals surface area contributed by atoms with Gasteiger partial charge in [-0.25, -0.2) is 0 Å². The van der Waals surface area contributed by atoms with Crippen LogP contribution in [0.4, 0.5) is 0 Å². The molecule has 218 valence electrons. The molecule has 40 heavy (non-hydrogen) atoms. The average molecular weight is 553 g/mol. The van der Waals surface area contributed by atoms with Gasteiger partial charge in [-0.1, -0.05) is 49.4 Å². The van der Waals surface area contributed by atoms with Crippen molar-refractivity contribution in [3.63, 3.8) is 0 Å². The van der Waals surface area contributed by atoms with E-state index in [1.54, 1.807) is 22.0 Å². The number of aliphatic hydroxyl groups excluding tert-OH is 1. The monoisotopic (exact) mass is 552 g/mol. The van der Waals surface area contributed by atoms with E-state index in [0.717, 1.165) is 12.0 Å². The second-order valence-corrected chi connectivity index (χ2v) is 11.6. The minimum atomic E-state index is -1.17. The van der Waals surface area contributed by atoms with Crippen LogP contribution in [0.1, 0.15) is 58.4 Å². The number of carbonyl (C=O) groups is 3. The molecule has 6 atom stereocenters. The van der Waals surface area contributed by atoms with Gasteiger partial charge in [0, 0.05) is 12.6 Å². The van der Waals surface area contributed by atoms with Crippen molar-refractivity contribution in [1.82, 2.24) is 9.80 Å². The molecular weight excluding hydrogens is 508 g/mol. The number of carbonyl (C=O) groups excluding carboxylic acids is 3. The Morgan fingerprint density at radius 1 is 1.23 bits per heavy atom. The van der Waals surface area contributed by atoms with Crippen LogP contribution in [-0.4, -0.2) is 81.8 Å². The first-order chi connectivity index (χ1) is 19.2. The van der Waals surface area contributed by atoms with Gasteiger partial charge in [0.1, 0.15) is 17.6 Å². The van der Waals surface area contributed by atoms with Crippen molar-refractivity contribution in [3.05, 3.63) is 61.2 Å². The van der Waals surface area contributed by atoms with E-state index >= 15 is 0 Å². The molecule has 0 saturated carbocycles. The van der Waals surface area contributed by atoms with Gasteiger partial charge >= 0.3 is 5.97 Å². The molecule has 0 aromatic heterocycles. The zero-order chi connectivity index (χ0) is 29.1. The maximum atomic E-state index is 14.5. The van der Waals surface area contributed by atoms with Crippen LogP contribution >= 0.6 is 0 Å². The topological polar surface area (TPSA) is 96.4 Å². The average Bonchev–Trinajstić information content (AvgIpc) is 3.56. The van der Waals surface area contributed by atoms with E-state index in [4.69, 9.17) is 9.47 Å². The third kappa shape index (κ3) is 5.00. The first-order valence-electron chi connectivity index (χ1n) is 14.6. The predicted molar refractivity (Wildman–Crippen MR) is 152 cm³/mol. The number of aliphatic hydroxyl groups is 1. The van der Waals surface area contributed by atoms with Crippen molar-refractivity contribution in [1.29, 1.82) is 0 Å². The van der Waals surface area contributed by atoms with Gasteiger partial charge in [-0.15, -0.1) is 13.2 Å². The van der Waals surface area contributed by atoms with Crippen LogP contribution in [0.15, 0.2) is 55.6 Å². The Bertz CT molecular complexity index is 1110. The zero-order valence-corrected chi connectivity index (χ0v) is 24.1. The predicted octanol–water partition coefficient (Wildman–Crippen LogP) is 3.68. The van der Waals surface area contributed by atoms with Gasteiger partial charge in [0.05, 0.1) is 30.8 Å². The molecule has 1 N–H and O–H groups in total. The second kappa shape index (κ2) is 12.3. The largest absolute Gasteiger partial charge is 0.465 e. The second-order valence-electron chi connectivity index (χ2n) is 11.6. The van der Waals surface area contributed by atoms with E-state index in [-0.39, 0.29) is 31.1 Å². The molecule has 3 aliphatic rings. The Labute approximate surface area is 238 Å². The number of nitrogens with zero attached hydrogens (tertiary/aromatic N) is 2. The molecule has 3 fully saturated rings. The van der Waals surface area contributed by atoms with Crippen LogP contribution in [0.5, 0.6) is 0 Å². The summed E-state index contributed by atoms with van der Waals surface area (Å²) in [7, 11) is 0. The first-order valence-corrected chi connectivity index (χ1v) is 14.6. The number of allylic oxidation sites excluding steroid dienone is 1. The highest BCUT2D eigenvalue weighted by atomic mass is 16.6. The van der Waals surface area contributed by atoms with E-state index < -0.39 is 41.1 Å². The number of benzene rings is 1. The van der Waals surface area contributed by atoms with Crippen molar-refractivity contribution in [3.8, 4) is 0 Å². The Hall–Kier alpha value is -2.97. The highest BCUT2D eigenvalue weighted by Gasteiger charge is 2.79. The van der Waals surface area contributed by atoms with Crippen LogP contribution in [0.3, 0.4) is 0 Å². The molecule has 3 aliphatic heterocycles. The highest BCUT2D eigenvalue weighted by Crippen LogP contribution is 2.65. The summed E-state index contributed by atoms with van der Waals surface area (Å²) in [5.74, 6) is -2.69. The van der Waals surface area contributed by atoms with E-state index in [2.05, 4.69) is 13.2 Å². The first kappa shape index (κ1) is 30.0. The molecule has 0 radical (unpaired) electrons. The smallest absolute Gasteiger partial charge is 0.312 e. The Kier molecular flexibility index (Phi) is 9.20. The van der Waals surface area contributed by atoms with Crippen molar-refractivity contribution in [2.75, 3.05) is 19.8 Å². The molecule has 3 heterocycles. The molecule has 1 spiro atoms. The van der Waals surface area contributed by atoms with Crippen molar-refractivity contribution >= 4 is 17.8 Å². The number of hydrogen-bond donors (Lipinski definition) is 1. The fraction of sp³-hybridized carbons (Fsp3) is 0.594. The van der Waals surface area contributed by atoms with Crippen molar-refractivity contribution in [2.24, 2.45) is 11.8 Å². The Morgan fingerprint density at radius 3 is 2.55 bits per heavy atom. The van der Waals surface area contributed by atoms with Crippen LogP contribution < -0.4 is 0 Å². The minimum absolute atomic E-state index is 0.149. The lowest BCUT2D eigenvalue weighted by Gasteiger charge is -2.40. The number of esters is 1. The molecule has 3 saturated heterocycles. The van der Waals surface area contributed by atoms with E-state index in [9.17, 15) is 19.5 Å². The maximum Gasteiger partial charge on any atom is 0.312 e. The Balaban J connectivity index is 1.79. The molecule has 8 heteroatoms. The van der Waals surface area contributed by atoms with Crippen LogP contribution in [0.2, 0.25) is 0 Å². The number of amides is 2. The van der Waals surface area contributed by atoms with Gasteiger partial charge in [0.25, 0.3) is 0 Å². The lowest BCUT2D eigenvalue weighted by atomic mass is 9.65. The number of unbranched alkanes of at least 4 members (excludes halogenated alkanes) is 1. The quantitative estimate of drug-likeness (QED) is 0.215. The highest BCUT2D eigenvalue weighted by molar-refractivity contribution is 5.99. The summed E-state index contributed by atoms with van der Waals surface area (Å²) >= 11 is 0. The fourth-order valence-electron chi connectivity index (χ4n) is 7.17. The molecule has 2 amide bonds. The van der Waals surface area contributed by atoms with E-state index in [1.165, 1.54) is 0 Å². The minimum Gasteiger partial charge on any atom is -0.465 e. The summed E-state index contributed by atoms with van der Waals surface area (Å²) in [5.41, 5.74) is -1.10. The third-order valence-corrected chi connectivity index (χ3v) is 9.05. The molecule has 4 rings (SSSR count). The number of ether oxygens (including phenoxy) is 2. The van der Waals surface area contributed by atoms with Gasteiger partial charge in [-0.2, -0.15) is 0 Å².